The van der Waals surface area contributed by atoms with Gasteiger partial charge >= 0.3 is 5.97 Å². The molecule has 0 amide bonds. The van der Waals surface area contributed by atoms with Crippen LogP contribution in [0.25, 0.3) is 0 Å². The summed E-state index contributed by atoms with van der Waals surface area (Å²) >= 11 is 1.57. The predicted molar refractivity (Wildman–Crippen MR) is 85.6 cm³/mol. The topological polar surface area (TPSA) is 79.8 Å². The number of esters is 1. The summed E-state index contributed by atoms with van der Waals surface area (Å²) in [6, 6.07) is 0. The van der Waals surface area contributed by atoms with Gasteiger partial charge in [0.2, 0.25) is 10.0 Å². The largest absolute Gasteiger partial charge is 0.469 e. The number of sulfonamides is 1. The van der Waals surface area contributed by atoms with Crippen LogP contribution >= 0.6 is 11.3 Å². The van der Waals surface area contributed by atoms with Crippen LogP contribution in [0, 0.1) is 12.8 Å². The number of aromatic nitrogens is 1. The third-order valence-electron chi connectivity index (χ3n) is 3.57. The molecule has 7 nitrogen and oxygen atoms in total. The Labute approximate surface area is 134 Å². The molecule has 22 heavy (non-hydrogen) atoms. The fourth-order valence-corrected chi connectivity index (χ4v) is 4.89. The van der Waals surface area contributed by atoms with E-state index in [-0.39, 0.29) is 5.75 Å². The van der Waals surface area contributed by atoms with Crippen LogP contribution in [0.15, 0.2) is 5.38 Å². The Morgan fingerprint density at radius 1 is 1.41 bits per heavy atom. The van der Waals surface area contributed by atoms with Gasteiger partial charge < -0.3 is 9.64 Å². The lowest BCUT2D eigenvalue weighted by Crippen LogP contribution is -2.50. The first-order chi connectivity index (χ1) is 10.3. The fourth-order valence-electron chi connectivity index (χ4n) is 2.33. The standard InChI is InChI=1S/C13H21N3O4S2/c1-10(12(17)20-3)9-22(18,19)16-6-4-15(5-7-16)13-14-11(2)8-21-13/h8,10H,4-7,9H2,1-3H3. The fraction of sp³-hybridized carbons (Fsp3) is 0.692. The molecule has 2 heterocycles. The predicted octanol–water partition coefficient (Wildman–Crippen LogP) is 0.712. The second-order valence-corrected chi connectivity index (χ2v) is 8.21. The van der Waals surface area contributed by atoms with Crippen molar-refractivity contribution < 1.29 is 17.9 Å². The second kappa shape index (κ2) is 6.93. The van der Waals surface area contributed by atoms with Gasteiger partial charge in [-0.05, 0) is 6.92 Å². The number of hydrogen-bond donors (Lipinski definition) is 0. The monoisotopic (exact) mass is 347 g/mol. The summed E-state index contributed by atoms with van der Waals surface area (Å²) in [6.07, 6.45) is 0. The number of piperazine rings is 1. The smallest absolute Gasteiger partial charge is 0.309 e. The first kappa shape index (κ1) is 17.2. The lowest BCUT2D eigenvalue weighted by atomic mass is 10.2. The number of carbonyl (C=O) groups excluding carboxylic acids is 1. The SMILES string of the molecule is COC(=O)C(C)CS(=O)(=O)N1CCN(c2nc(C)cs2)CC1. The van der Waals surface area contributed by atoms with Gasteiger partial charge in [0.25, 0.3) is 0 Å². The molecule has 0 radical (unpaired) electrons. The Balaban J connectivity index is 1.94. The van der Waals surface area contributed by atoms with E-state index in [1.165, 1.54) is 11.4 Å². The number of thiazole rings is 1. The molecule has 1 saturated heterocycles. The molecule has 1 atom stereocenters. The average molecular weight is 347 g/mol. The summed E-state index contributed by atoms with van der Waals surface area (Å²) in [5.41, 5.74) is 0.974. The van der Waals surface area contributed by atoms with E-state index in [9.17, 15) is 13.2 Å². The molecule has 0 saturated carbocycles. The van der Waals surface area contributed by atoms with Gasteiger partial charge in [-0.2, -0.15) is 4.31 Å². The minimum atomic E-state index is -3.45. The molecule has 0 aromatic carbocycles. The van der Waals surface area contributed by atoms with E-state index < -0.39 is 21.9 Å². The number of nitrogens with zero attached hydrogens (tertiary/aromatic N) is 3. The molecule has 1 aliphatic heterocycles. The van der Waals surface area contributed by atoms with Gasteiger partial charge in [-0.3, -0.25) is 4.79 Å². The average Bonchev–Trinajstić information content (AvgIpc) is 2.92. The minimum Gasteiger partial charge on any atom is -0.469 e. The van der Waals surface area contributed by atoms with Gasteiger partial charge in [0, 0.05) is 31.6 Å². The van der Waals surface area contributed by atoms with Crippen molar-refractivity contribution in [2.24, 2.45) is 5.92 Å². The number of methoxy groups -OCH3 is 1. The molecular formula is C13H21N3O4S2. The van der Waals surface area contributed by atoms with Crippen LogP contribution in [0.2, 0.25) is 0 Å². The van der Waals surface area contributed by atoms with Crippen molar-refractivity contribution in [1.29, 1.82) is 0 Å². The Morgan fingerprint density at radius 2 is 2.05 bits per heavy atom. The van der Waals surface area contributed by atoms with Crippen molar-refractivity contribution in [1.82, 2.24) is 9.29 Å². The highest BCUT2D eigenvalue weighted by atomic mass is 32.2. The van der Waals surface area contributed by atoms with Crippen LogP contribution < -0.4 is 4.90 Å². The number of rotatable bonds is 5. The van der Waals surface area contributed by atoms with Crippen molar-refractivity contribution in [3.63, 3.8) is 0 Å². The van der Waals surface area contributed by atoms with E-state index in [1.807, 2.05) is 12.3 Å². The van der Waals surface area contributed by atoms with Gasteiger partial charge in [0.15, 0.2) is 5.13 Å². The van der Waals surface area contributed by atoms with E-state index in [1.54, 1.807) is 18.3 Å². The summed E-state index contributed by atoms with van der Waals surface area (Å²) in [5, 5.41) is 2.91. The summed E-state index contributed by atoms with van der Waals surface area (Å²) in [7, 11) is -2.19. The highest BCUT2D eigenvalue weighted by Crippen LogP contribution is 2.22. The Morgan fingerprint density at radius 3 is 2.55 bits per heavy atom. The third kappa shape index (κ3) is 3.96. The van der Waals surface area contributed by atoms with Crippen LogP contribution in [0.1, 0.15) is 12.6 Å². The maximum Gasteiger partial charge on any atom is 0.309 e. The molecular weight excluding hydrogens is 326 g/mol. The van der Waals surface area contributed by atoms with E-state index in [0.29, 0.717) is 26.2 Å². The van der Waals surface area contributed by atoms with E-state index in [2.05, 4.69) is 14.6 Å². The molecule has 1 aromatic heterocycles. The maximum absolute atomic E-state index is 12.4. The van der Waals surface area contributed by atoms with Gasteiger partial charge in [0.1, 0.15) is 0 Å². The second-order valence-electron chi connectivity index (χ2n) is 5.36. The summed E-state index contributed by atoms with van der Waals surface area (Å²) < 4.78 is 30.7. The minimum absolute atomic E-state index is 0.212. The highest BCUT2D eigenvalue weighted by Gasteiger charge is 2.31. The Hall–Kier alpha value is -1.19. The first-order valence-electron chi connectivity index (χ1n) is 7.06. The lowest BCUT2D eigenvalue weighted by Gasteiger charge is -2.34. The van der Waals surface area contributed by atoms with Crippen LogP contribution in [0.4, 0.5) is 5.13 Å². The van der Waals surface area contributed by atoms with Crippen LogP contribution in [-0.4, -0.2) is 62.7 Å². The molecule has 1 fully saturated rings. The summed E-state index contributed by atoms with van der Waals surface area (Å²) in [6.45, 7) is 5.55. The normalized spacial score (nSPS) is 18.2. The summed E-state index contributed by atoms with van der Waals surface area (Å²) in [4.78, 5) is 17.9. The molecule has 0 spiro atoms. The summed E-state index contributed by atoms with van der Waals surface area (Å²) in [5.74, 6) is -1.37. The molecule has 9 heteroatoms. The zero-order valence-electron chi connectivity index (χ0n) is 13.0. The number of anilines is 1. The molecule has 0 bridgehead atoms. The third-order valence-corrected chi connectivity index (χ3v) is 6.67. The van der Waals surface area contributed by atoms with Crippen molar-refractivity contribution >= 4 is 32.5 Å². The molecule has 1 aliphatic rings. The number of carbonyl (C=O) groups is 1. The van der Waals surface area contributed by atoms with Crippen molar-refractivity contribution in [3.05, 3.63) is 11.1 Å². The zero-order chi connectivity index (χ0) is 16.3. The van der Waals surface area contributed by atoms with Gasteiger partial charge in [-0.15, -0.1) is 11.3 Å². The molecule has 1 unspecified atom stereocenters. The Kier molecular flexibility index (Phi) is 5.41. The highest BCUT2D eigenvalue weighted by molar-refractivity contribution is 7.89. The number of aryl methyl sites for hydroxylation is 1. The van der Waals surface area contributed by atoms with Crippen molar-refractivity contribution in [3.8, 4) is 0 Å². The molecule has 124 valence electrons. The quantitative estimate of drug-likeness (QED) is 0.730. The van der Waals surface area contributed by atoms with Gasteiger partial charge in [0.05, 0.1) is 24.5 Å². The first-order valence-corrected chi connectivity index (χ1v) is 9.55. The maximum atomic E-state index is 12.4. The molecule has 0 aliphatic carbocycles. The molecule has 2 rings (SSSR count). The van der Waals surface area contributed by atoms with Crippen LogP contribution in [0.5, 0.6) is 0 Å². The van der Waals surface area contributed by atoms with Crippen LogP contribution in [-0.2, 0) is 19.6 Å². The van der Waals surface area contributed by atoms with E-state index >= 15 is 0 Å². The molecule has 1 aromatic rings. The number of ether oxygens (including phenoxy) is 1. The van der Waals surface area contributed by atoms with Gasteiger partial charge in [-0.1, -0.05) is 6.92 Å². The number of hydrogen-bond acceptors (Lipinski definition) is 7. The molecule has 0 N–H and O–H groups in total. The van der Waals surface area contributed by atoms with Gasteiger partial charge in [-0.25, -0.2) is 13.4 Å². The van der Waals surface area contributed by atoms with Crippen molar-refractivity contribution in [2.75, 3.05) is 43.9 Å². The lowest BCUT2D eigenvalue weighted by molar-refractivity contribution is -0.144. The zero-order valence-corrected chi connectivity index (χ0v) is 14.6. The Bertz CT molecular complexity index is 621. The van der Waals surface area contributed by atoms with E-state index in [0.717, 1.165) is 10.8 Å². The van der Waals surface area contributed by atoms with Crippen LogP contribution in [0.3, 0.4) is 0 Å². The van der Waals surface area contributed by atoms with E-state index in [4.69, 9.17) is 0 Å². The van der Waals surface area contributed by atoms with Crippen molar-refractivity contribution in [2.45, 2.75) is 13.8 Å².